The van der Waals surface area contributed by atoms with Crippen LogP contribution in [0.1, 0.15) is 11.1 Å². The Kier molecular flexibility index (Phi) is 5.58. The van der Waals surface area contributed by atoms with E-state index < -0.39 is 5.60 Å². The molecule has 0 saturated carbocycles. The molecular weight excluding hydrogens is 318 g/mol. The zero-order chi connectivity index (χ0) is 17.7. The van der Waals surface area contributed by atoms with E-state index in [0.717, 1.165) is 29.2 Å². The van der Waals surface area contributed by atoms with Gasteiger partial charge in [-0.25, -0.2) is 0 Å². The van der Waals surface area contributed by atoms with Gasteiger partial charge in [0.15, 0.2) is 0 Å². The van der Waals surface area contributed by atoms with E-state index in [1.807, 2.05) is 48.5 Å². The highest BCUT2D eigenvalue weighted by Gasteiger charge is 2.41. The van der Waals surface area contributed by atoms with Crippen LogP contribution in [0.15, 0.2) is 48.5 Å². The van der Waals surface area contributed by atoms with E-state index in [1.165, 1.54) is 0 Å². The summed E-state index contributed by atoms with van der Waals surface area (Å²) in [6.45, 7) is 1.97. The lowest BCUT2D eigenvalue weighted by atomic mass is 9.81. The van der Waals surface area contributed by atoms with Gasteiger partial charge in [-0.1, -0.05) is 30.3 Å². The second kappa shape index (κ2) is 7.87. The smallest absolute Gasteiger partial charge is 0.122 e. The molecule has 1 saturated heterocycles. The van der Waals surface area contributed by atoms with Crippen LogP contribution in [0.5, 0.6) is 11.5 Å². The minimum absolute atomic E-state index is 0.348. The maximum Gasteiger partial charge on any atom is 0.122 e. The zero-order valence-corrected chi connectivity index (χ0v) is 14.7. The van der Waals surface area contributed by atoms with Crippen molar-refractivity contribution in [2.45, 2.75) is 18.1 Å². The van der Waals surface area contributed by atoms with Gasteiger partial charge in [0, 0.05) is 25.1 Å². The van der Waals surface area contributed by atoms with Gasteiger partial charge in [-0.2, -0.15) is 0 Å². The molecule has 0 aromatic heterocycles. The third kappa shape index (κ3) is 3.79. The molecule has 2 aromatic carbocycles. The Labute approximate surface area is 148 Å². The van der Waals surface area contributed by atoms with E-state index in [2.05, 4.69) is 5.32 Å². The summed E-state index contributed by atoms with van der Waals surface area (Å²) in [7, 11) is 3.26. The molecule has 1 heterocycles. The van der Waals surface area contributed by atoms with Crippen molar-refractivity contribution in [3.63, 3.8) is 0 Å². The number of morpholine rings is 1. The minimum Gasteiger partial charge on any atom is -0.497 e. The molecule has 0 radical (unpaired) electrons. The molecule has 1 aliphatic heterocycles. The van der Waals surface area contributed by atoms with E-state index in [-0.39, 0.29) is 6.10 Å². The molecule has 2 N–H and O–H groups in total. The highest BCUT2D eigenvalue weighted by atomic mass is 16.5. The zero-order valence-electron chi connectivity index (χ0n) is 14.7. The normalized spacial score (nSPS) is 19.9. The van der Waals surface area contributed by atoms with Crippen LogP contribution >= 0.6 is 0 Å². The fourth-order valence-electron chi connectivity index (χ4n) is 3.31. The van der Waals surface area contributed by atoms with Crippen LogP contribution in [0.25, 0.3) is 0 Å². The van der Waals surface area contributed by atoms with E-state index in [4.69, 9.17) is 14.2 Å². The number of hydrogen-bond donors (Lipinski definition) is 2. The average Bonchev–Trinajstić information content (AvgIpc) is 2.69. The SMILES string of the molecule is COc1ccc(OC)c(C[C@@](O)(c2ccccc2)[C@H]2CNCCO2)c1. The molecule has 25 heavy (non-hydrogen) atoms. The van der Waals surface area contributed by atoms with Gasteiger partial charge in [-0.05, 0) is 23.8 Å². The summed E-state index contributed by atoms with van der Waals surface area (Å²) >= 11 is 0. The summed E-state index contributed by atoms with van der Waals surface area (Å²) in [5, 5.41) is 15.0. The summed E-state index contributed by atoms with van der Waals surface area (Å²) in [5.41, 5.74) is 0.532. The molecule has 5 nitrogen and oxygen atoms in total. The molecule has 134 valence electrons. The number of rotatable bonds is 6. The van der Waals surface area contributed by atoms with Gasteiger partial charge in [-0.15, -0.1) is 0 Å². The Balaban J connectivity index is 2.01. The highest BCUT2D eigenvalue weighted by molar-refractivity contribution is 5.42. The van der Waals surface area contributed by atoms with Crippen LogP contribution in [0, 0.1) is 0 Å². The highest BCUT2D eigenvalue weighted by Crippen LogP contribution is 2.36. The summed E-state index contributed by atoms with van der Waals surface area (Å²) in [4.78, 5) is 0. The second-order valence-electron chi connectivity index (χ2n) is 6.21. The molecule has 0 spiro atoms. The Bertz CT molecular complexity index is 685. The van der Waals surface area contributed by atoms with Crippen molar-refractivity contribution in [1.29, 1.82) is 0 Å². The first-order chi connectivity index (χ1) is 12.2. The lowest BCUT2D eigenvalue weighted by Gasteiger charge is -2.39. The van der Waals surface area contributed by atoms with Gasteiger partial charge in [0.2, 0.25) is 0 Å². The topological polar surface area (TPSA) is 60.0 Å². The van der Waals surface area contributed by atoms with E-state index in [9.17, 15) is 5.11 Å². The standard InChI is InChI=1S/C20H25NO4/c1-23-17-8-9-18(24-2)15(12-17)13-20(22,16-6-4-3-5-7-16)19-14-21-10-11-25-19/h3-9,12,19,21-22H,10-11,13-14H2,1-2H3/t19-,20-/m1/s1. The van der Waals surface area contributed by atoms with Crippen LogP contribution in [0.4, 0.5) is 0 Å². The quantitative estimate of drug-likeness (QED) is 0.841. The van der Waals surface area contributed by atoms with Gasteiger partial charge in [-0.3, -0.25) is 0 Å². The number of aliphatic hydroxyl groups is 1. The predicted molar refractivity (Wildman–Crippen MR) is 96.2 cm³/mol. The number of hydrogen-bond acceptors (Lipinski definition) is 5. The molecule has 3 rings (SSSR count). The maximum absolute atomic E-state index is 11.7. The van der Waals surface area contributed by atoms with Crippen molar-refractivity contribution in [2.24, 2.45) is 0 Å². The summed E-state index contributed by atoms with van der Waals surface area (Å²) in [6, 6.07) is 15.3. The van der Waals surface area contributed by atoms with E-state index in [0.29, 0.717) is 19.6 Å². The van der Waals surface area contributed by atoms with Crippen LogP contribution in [-0.2, 0) is 16.8 Å². The summed E-state index contributed by atoms with van der Waals surface area (Å²) in [5.74, 6) is 1.45. The lowest BCUT2D eigenvalue weighted by Crippen LogP contribution is -2.52. The van der Waals surface area contributed by atoms with Gasteiger partial charge in [0.05, 0.1) is 20.8 Å². The number of nitrogens with one attached hydrogen (secondary N) is 1. The number of methoxy groups -OCH3 is 2. The Hall–Kier alpha value is -2.08. The Morgan fingerprint density at radius 1 is 1.16 bits per heavy atom. The van der Waals surface area contributed by atoms with Crippen LogP contribution < -0.4 is 14.8 Å². The molecule has 2 atom stereocenters. The van der Waals surface area contributed by atoms with Gasteiger partial charge in [0.1, 0.15) is 23.2 Å². The van der Waals surface area contributed by atoms with Crippen LogP contribution in [-0.4, -0.2) is 45.1 Å². The van der Waals surface area contributed by atoms with E-state index in [1.54, 1.807) is 14.2 Å². The average molecular weight is 343 g/mol. The fraction of sp³-hybridized carbons (Fsp3) is 0.400. The molecule has 0 bridgehead atoms. The molecule has 1 aliphatic rings. The van der Waals surface area contributed by atoms with Crippen molar-refractivity contribution in [2.75, 3.05) is 33.9 Å². The molecule has 2 aromatic rings. The van der Waals surface area contributed by atoms with Crippen molar-refractivity contribution >= 4 is 0 Å². The first kappa shape index (κ1) is 17.7. The fourth-order valence-corrected chi connectivity index (χ4v) is 3.31. The van der Waals surface area contributed by atoms with Crippen LogP contribution in [0.2, 0.25) is 0 Å². The first-order valence-electron chi connectivity index (χ1n) is 8.48. The molecule has 5 heteroatoms. The monoisotopic (exact) mass is 343 g/mol. The molecular formula is C20H25NO4. The van der Waals surface area contributed by atoms with Gasteiger partial charge >= 0.3 is 0 Å². The second-order valence-corrected chi connectivity index (χ2v) is 6.21. The summed E-state index contributed by atoms with van der Waals surface area (Å²) < 4.78 is 16.7. The third-order valence-corrected chi connectivity index (χ3v) is 4.68. The van der Waals surface area contributed by atoms with Gasteiger partial charge in [0.25, 0.3) is 0 Å². The Morgan fingerprint density at radius 2 is 1.96 bits per heavy atom. The van der Waals surface area contributed by atoms with Gasteiger partial charge < -0.3 is 24.6 Å². The molecule has 0 aliphatic carbocycles. The number of benzene rings is 2. The van der Waals surface area contributed by atoms with Crippen molar-refractivity contribution in [3.05, 3.63) is 59.7 Å². The molecule has 0 unspecified atom stereocenters. The minimum atomic E-state index is -1.17. The molecule has 0 amide bonds. The first-order valence-corrected chi connectivity index (χ1v) is 8.48. The van der Waals surface area contributed by atoms with Crippen LogP contribution in [0.3, 0.4) is 0 Å². The third-order valence-electron chi connectivity index (χ3n) is 4.68. The Morgan fingerprint density at radius 3 is 2.60 bits per heavy atom. The number of ether oxygens (including phenoxy) is 3. The maximum atomic E-state index is 11.7. The largest absolute Gasteiger partial charge is 0.497 e. The van der Waals surface area contributed by atoms with Crippen molar-refractivity contribution in [3.8, 4) is 11.5 Å². The predicted octanol–water partition coefficient (Wildman–Crippen LogP) is 2.12. The van der Waals surface area contributed by atoms with E-state index >= 15 is 0 Å². The van der Waals surface area contributed by atoms with Crippen molar-refractivity contribution < 1.29 is 19.3 Å². The van der Waals surface area contributed by atoms with Crippen molar-refractivity contribution in [1.82, 2.24) is 5.32 Å². The lowest BCUT2D eigenvalue weighted by molar-refractivity contribution is -0.124. The molecule has 1 fully saturated rings. The summed E-state index contributed by atoms with van der Waals surface area (Å²) in [6.07, 6.45) is 0.0172.